The van der Waals surface area contributed by atoms with Gasteiger partial charge in [-0.05, 0) is 19.8 Å². The van der Waals surface area contributed by atoms with E-state index in [1.807, 2.05) is 17.8 Å². The van der Waals surface area contributed by atoms with Gasteiger partial charge in [0.1, 0.15) is 5.82 Å². The SMILES string of the molecule is Cc1cn(C2CCCOC2)nc1N. The molecule has 4 nitrogen and oxygen atoms in total. The Morgan fingerprint density at radius 2 is 2.54 bits per heavy atom. The Kier molecular flexibility index (Phi) is 2.22. The second-order valence-corrected chi connectivity index (χ2v) is 3.55. The number of nitrogen functional groups attached to an aromatic ring is 1. The lowest BCUT2D eigenvalue weighted by molar-refractivity contribution is 0.0550. The first kappa shape index (κ1) is 8.56. The molecule has 0 amide bonds. The highest BCUT2D eigenvalue weighted by Gasteiger charge is 2.16. The van der Waals surface area contributed by atoms with Crippen LogP contribution in [-0.4, -0.2) is 23.0 Å². The second kappa shape index (κ2) is 3.38. The smallest absolute Gasteiger partial charge is 0.148 e. The van der Waals surface area contributed by atoms with Crippen molar-refractivity contribution < 1.29 is 4.74 Å². The second-order valence-electron chi connectivity index (χ2n) is 3.55. The molecule has 1 aliphatic rings. The van der Waals surface area contributed by atoms with Crippen molar-refractivity contribution in [1.29, 1.82) is 0 Å². The third kappa shape index (κ3) is 1.67. The summed E-state index contributed by atoms with van der Waals surface area (Å²) in [5.74, 6) is 0.630. The molecule has 0 saturated carbocycles. The van der Waals surface area contributed by atoms with Gasteiger partial charge >= 0.3 is 0 Å². The Morgan fingerprint density at radius 1 is 1.69 bits per heavy atom. The molecule has 72 valence electrons. The predicted octanol–water partition coefficient (Wildman–Crippen LogP) is 1.13. The molecule has 0 aromatic carbocycles. The van der Waals surface area contributed by atoms with E-state index < -0.39 is 0 Å². The molecule has 2 N–H and O–H groups in total. The molecule has 4 heteroatoms. The van der Waals surface area contributed by atoms with E-state index in [2.05, 4.69) is 5.10 Å². The molecule has 1 unspecified atom stereocenters. The van der Waals surface area contributed by atoms with E-state index in [0.717, 1.165) is 31.6 Å². The highest BCUT2D eigenvalue weighted by molar-refractivity contribution is 5.35. The van der Waals surface area contributed by atoms with Crippen LogP contribution in [0.3, 0.4) is 0 Å². The summed E-state index contributed by atoms with van der Waals surface area (Å²) in [5, 5.41) is 4.25. The van der Waals surface area contributed by atoms with Crippen LogP contribution >= 0.6 is 0 Å². The van der Waals surface area contributed by atoms with Gasteiger partial charge in [-0.25, -0.2) is 0 Å². The maximum absolute atomic E-state index is 5.67. The summed E-state index contributed by atoms with van der Waals surface area (Å²) in [6.45, 7) is 3.62. The van der Waals surface area contributed by atoms with Gasteiger partial charge in [0.15, 0.2) is 0 Å². The lowest BCUT2D eigenvalue weighted by atomic mass is 10.1. The number of aryl methyl sites for hydroxylation is 1. The van der Waals surface area contributed by atoms with Crippen molar-refractivity contribution in [3.8, 4) is 0 Å². The molecule has 0 radical (unpaired) electrons. The zero-order chi connectivity index (χ0) is 9.26. The van der Waals surface area contributed by atoms with Crippen molar-refractivity contribution >= 4 is 5.82 Å². The van der Waals surface area contributed by atoms with Crippen molar-refractivity contribution in [3.63, 3.8) is 0 Å². The van der Waals surface area contributed by atoms with Gasteiger partial charge in [-0.1, -0.05) is 0 Å². The van der Waals surface area contributed by atoms with Gasteiger partial charge in [0.2, 0.25) is 0 Å². The van der Waals surface area contributed by atoms with E-state index in [9.17, 15) is 0 Å². The third-order valence-corrected chi connectivity index (χ3v) is 2.46. The maximum atomic E-state index is 5.67. The summed E-state index contributed by atoms with van der Waals surface area (Å²) in [5.41, 5.74) is 6.72. The largest absolute Gasteiger partial charge is 0.382 e. The number of hydrogen-bond donors (Lipinski definition) is 1. The van der Waals surface area contributed by atoms with Gasteiger partial charge in [-0.3, -0.25) is 4.68 Å². The molecule has 13 heavy (non-hydrogen) atoms. The van der Waals surface area contributed by atoms with Gasteiger partial charge in [0.05, 0.1) is 12.6 Å². The Bertz CT molecular complexity index is 270. The summed E-state index contributed by atoms with van der Waals surface area (Å²) in [7, 11) is 0. The van der Waals surface area contributed by atoms with Crippen LogP contribution in [0.1, 0.15) is 24.4 Å². The highest BCUT2D eigenvalue weighted by atomic mass is 16.5. The van der Waals surface area contributed by atoms with Crippen LogP contribution in [-0.2, 0) is 4.74 Å². The van der Waals surface area contributed by atoms with Crippen LogP contribution in [0.4, 0.5) is 5.82 Å². The van der Waals surface area contributed by atoms with Crippen LogP contribution in [0.15, 0.2) is 6.20 Å². The minimum atomic E-state index is 0.379. The minimum absolute atomic E-state index is 0.379. The summed E-state index contributed by atoms with van der Waals surface area (Å²) in [4.78, 5) is 0. The number of anilines is 1. The molecule has 0 aliphatic carbocycles. The molecule has 0 spiro atoms. The monoisotopic (exact) mass is 181 g/mol. The summed E-state index contributed by atoms with van der Waals surface area (Å²) < 4.78 is 7.32. The molecule has 2 heterocycles. The molecule has 1 fully saturated rings. The summed E-state index contributed by atoms with van der Waals surface area (Å²) >= 11 is 0. The average molecular weight is 181 g/mol. The van der Waals surface area contributed by atoms with Crippen LogP contribution in [0.5, 0.6) is 0 Å². The van der Waals surface area contributed by atoms with Crippen molar-refractivity contribution in [2.24, 2.45) is 0 Å². The van der Waals surface area contributed by atoms with E-state index in [4.69, 9.17) is 10.5 Å². The quantitative estimate of drug-likeness (QED) is 0.706. The normalized spacial score (nSPS) is 23.3. The fraction of sp³-hybridized carbons (Fsp3) is 0.667. The van der Waals surface area contributed by atoms with E-state index >= 15 is 0 Å². The van der Waals surface area contributed by atoms with Crippen molar-refractivity contribution in [3.05, 3.63) is 11.8 Å². The number of nitrogens with zero attached hydrogens (tertiary/aromatic N) is 2. The number of aromatic nitrogens is 2. The van der Waals surface area contributed by atoms with Gasteiger partial charge < -0.3 is 10.5 Å². The van der Waals surface area contributed by atoms with E-state index in [1.54, 1.807) is 0 Å². The van der Waals surface area contributed by atoms with Gasteiger partial charge in [-0.15, -0.1) is 0 Å². The molecule has 1 saturated heterocycles. The molecule has 0 bridgehead atoms. The topological polar surface area (TPSA) is 53.1 Å². The molecule has 2 rings (SSSR count). The first-order valence-electron chi connectivity index (χ1n) is 4.66. The zero-order valence-corrected chi connectivity index (χ0v) is 7.86. The van der Waals surface area contributed by atoms with Crippen molar-refractivity contribution in [1.82, 2.24) is 9.78 Å². The molecular weight excluding hydrogens is 166 g/mol. The number of rotatable bonds is 1. The van der Waals surface area contributed by atoms with Gasteiger partial charge in [0, 0.05) is 18.4 Å². The van der Waals surface area contributed by atoms with E-state index in [0.29, 0.717) is 11.9 Å². The number of hydrogen-bond acceptors (Lipinski definition) is 3. The third-order valence-electron chi connectivity index (χ3n) is 2.46. The van der Waals surface area contributed by atoms with Crippen LogP contribution < -0.4 is 5.73 Å². The van der Waals surface area contributed by atoms with Crippen LogP contribution in [0.25, 0.3) is 0 Å². The maximum Gasteiger partial charge on any atom is 0.148 e. The molecule has 1 aromatic heterocycles. The highest BCUT2D eigenvalue weighted by Crippen LogP contribution is 2.20. The molecule has 1 aliphatic heterocycles. The molecule has 1 aromatic rings. The van der Waals surface area contributed by atoms with E-state index in [-0.39, 0.29) is 0 Å². The van der Waals surface area contributed by atoms with Crippen LogP contribution in [0.2, 0.25) is 0 Å². The lowest BCUT2D eigenvalue weighted by Gasteiger charge is -2.22. The average Bonchev–Trinajstić information content (AvgIpc) is 2.49. The molecule has 1 atom stereocenters. The number of nitrogens with two attached hydrogens (primary N) is 1. The predicted molar refractivity (Wildman–Crippen MR) is 50.5 cm³/mol. The summed E-state index contributed by atoms with van der Waals surface area (Å²) in [6.07, 6.45) is 4.25. The van der Waals surface area contributed by atoms with Crippen molar-refractivity contribution in [2.75, 3.05) is 18.9 Å². The Morgan fingerprint density at radius 3 is 3.08 bits per heavy atom. The first-order chi connectivity index (χ1) is 6.27. The molecular formula is C9H15N3O. The first-order valence-corrected chi connectivity index (χ1v) is 4.66. The van der Waals surface area contributed by atoms with Gasteiger partial charge in [0.25, 0.3) is 0 Å². The minimum Gasteiger partial charge on any atom is -0.382 e. The Hall–Kier alpha value is -1.03. The van der Waals surface area contributed by atoms with E-state index in [1.165, 1.54) is 0 Å². The van der Waals surface area contributed by atoms with Crippen molar-refractivity contribution in [2.45, 2.75) is 25.8 Å². The standard InChI is InChI=1S/C9H15N3O/c1-7-5-12(11-9(7)10)8-3-2-4-13-6-8/h5,8H,2-4,6H2,1H3,(H2,10,11). The van der Waals surface area contributed by atoms with Crippen LogP contribution in [0, 0.1) is 6.92 Å². The summed E-state index contributed by atoms with van der Waals surface area (Å²) in [6, 6.07) is 0.379. The zero-order valence-electron chi connectivity index (χ0n) is 7.86. The fourth-order valence-corrected chi connectivity index (χ4v) is 1.62. The Balaban J connectivity index is 2.14. The lowest BCUT2D eigenvalue weighted by Crippen LogP contribution is -2.21. The van der Waals surface area contributed by atoms with Gasteiger partial charge in [-0.2, -0.15) is 5.10 Å². The fourth-order valence-electron chi connectivity index (χ4n) is 1.62. The number of ether oxygens (including phenoxy) is 1. The Labute approximate surface area is 77.7 Å².